The van der Waals surface area contributed by atoms with Crippen LogP contribution in [0.3, 0.4) is 0 Å². The molecular formula is C13H23N3O4. The van der Waals surface area contributed by atoms with Gasteiger partial charge in [-0.25, -0.2) is 9.59 Å². The van der Waals surface area contributed by atoms with Gasteiger partial charge in [-0.2, -0.15) is 0 Å². The molecule has 0 radical (unpaired) electrons. The van der Waals surface area contributed by atoms with Gasteiger partial charge in [0.05, 0.1) is 19.3 Å². The van der Waals surface area contributed by atoms with E-state index in [9.17, 15) is 14.7 Å². The summed E-state index contributed by atoms with van der Waals surface area (Å²) in [5.41, 5.74) is 5.34. The zero-order chi connectivity index (χ0) is 14.7. The maximum atomic E-state index is 11.4. The molecule has 0 spiro atoms. The van der Waals surface area contributed by atoms with E-state index in [-0.39, 0.29) is 18.1 Å². The number of carbonyl (C=O) groups excluding carboxylic acids is 2. The molecule has 1 aliphatic carbocycles. The molecule has 2 fully saturated rings. The number of likely N-dealkylation sites (tertiary alicyclic amines) is 1. The lowest BCUT2D eigenvalue weighted by Gasteiger charge is -2.37. The predicted octanol–water partition coefficient (Wildman–Crippen LogP) is 0.273. The Morgan fingerprint density at radius 2 is 2.15 bits per heavy atom. The van der Waals surface area contributed by atoms with Gasteiger partial charge in [0.2, 0.25) is 0 Å². The summed E-state index contributed by atoms with van der Waals surface area (Å²) in [6, 6.07) is -0.674. The first-order valence-corrected chi connectivity index (χ1v) is 7.06. The topological polar surface area (TPSA) is 105 Å². The van der Waals surface area contributed by atoms with Gasteiger partial charge >= 0.3 is 12.1 Å². The van der Waals surface area contributed by atoms with E-state index in [1.165, 1.54) is 12.0 Å². The lowest BCUT2D eigenvalue weighted by atomic mass is 9.88. The number of hydrogen-bond donors (Lipinski definition) is 3. The van der Waals surface area contributed by atoms with Crippen LogP contribution in [-0.2, 0) is 4.74 Å². The second-order valence-corrected chi connectivity index (χ2v) is 5.82. The van der Waals surface area contributed by atoms with Crippen molar-refractivity contribution in [3.63, 3.8) is 0 Å². The monoisotopic (exact) mass is 285 g/mol. The number of piperidine rings is 1. The summed E-state index contributed by atoms with van der Waals surface area (Å²) < 4.78 is 4.58. The summed E-state index contributed by atoms with van der Waals surface area (Å²) in [4.78, 5) is 24.2. The third kappa shape index (κ3) is 4.00. The number of carbonyl (C=O) groups is 2. The number of aliphatic hydroxyl groups is 1. The number of ether oxygens (including phenoxy) is 1. The standard InChI is InChI=1S/C13H23N3O4/c1-20-13(19)15-10-4-8(5-11(17)9-2-3-9)6-16(7-10)12(14)18/h8-11,17H,2-7H2,1H3,(H2,14,18)(H,15,19). The molecule has 3 atom stereocenters. The molecule has 3 amide bonds. The van der Waals surface area contributed by atoms with Gasteiger partial charge in [0.1, 0.15) is 0 Å². The largest absolute Gasteiger partial charge is 0.453 e. The molecule has 7 nitrogen and oxygen atoms in total. The number of hydrogen-bond acceptors (Lipinski definition) is 4. The predicted molar refractivity (Wildman–Crippen MR) is 71.9 cm³/mol. The van der Waals surface area contributed by atoms with Crippen molar-refractivity contribution in [1.29, 1.82) is 0 Å². The smallest absolute Gasteiger partial charge is 0.407 e. The molecule has 2 aliphatic rings. The quantitative estimate of drug-likeness (QED) is 0.689. The molecule has 1 saturated heterocycles. The number of rotatable bonds is 4. The summed E-state index contributed by atoms with van der Waals surface area (Å²) >= 11 is 0. The summed E-state index contributed by atoms with van der Waals surface area (Å²) in [5.74, 6) is 0.556. The molecule has 3 unspecified atom stereocenters. The van der Waals surface area contributed by atoms with Crippen LogP contribution in [0.2, 0.25) is 0 Å². The minimum absolute atomic E-state index is 0.147. The number of aliphatic hydroxyl groups excluding tert-OH is 1. The zero-order valence-corrected chi connectivity index (χ0v) is 11.7. The van der Waals surface area contributed by atoms with E-state index in [2.05, 4.69) is 10.1 Å². The molecule has 7 heteroatoms. The van der Waals surface area contributed by atoms with Crippen LogP contribution in [0, 0.1) is 11.8 Å². The molecule has 0 aromatic rings. The summed E-state index contributed by atoms with van der Waals surface area (Å²) in [6.07, 6.45) is 2.71. The van der Waals surface area contributed by atoms with E-state index in [0.717, 1.165) is 19.3 Å². The number of methoxy groups -OCH3 is 1. The average Bonchev–Trinajstić information content (AvgIpc) is 3.22. The number of primary amides is 1. The Morgan fingerprint density at radius 1 is 1.45 bits per heavy atom. The Balaban J connectivity index is 1.92. The maximum absolute atomic E-state index is 11.4. The Bertz CT molecular complexity index is 373. The second kappa shape index (κ2) is 6.30. The van der Waals surface area contributed by atoms with Crippen LogP contribution in [0.15, 0.2) is 0 Å². The third-order valence-corrected chi connectivity index (χ3v) is 4.10. The average molecular weight is 285 g/mol. The van der Waals surface area contributed by atoms with Crippen molar-refractivity contribution in [3.8, 4) is 0 Å². The number of nitrogens with one attached hydrogen (secondary N) is 1. The number of nitrogens with two attached hydrogens (primary N) is 1. The van der Waals surface area contributed by atoms with Crippen molar-refractivity contribution in [2.75, 3.05) is 20.2 Å². The first kappa shape index (κ1) is 14.9. The van der Waals surface area contributed by atoms with Gasteiger partial charge in [0.15, 0.2) is 0 Å². The number of nitrogens with zero attached hydrogens (tertiary/aromatic N) is 1. The lowest BCUT2D eigenvalue weighted by Crippen LogP contribution is -2.54. The molecule has 20 heavy (non-hydrogen) atoms. The van der Waals surface area contributed by atoms with Gasteiger partial charge in [0, 0.05) is 13.1 Å². The van der Waals surface area contributed by atoms with Gasteiger partial charge < -0.3 is 25.8 Å². The first-order valence-electron chi connectivity index (χ1n) is 7.06. The van der Waals surface area contributed by atoms with Gasteiger partial charge in [-0.3, -0.25) is 0 Å². The van der Waals surface area contributed by atoms with Crippen LogP contribution in [0.5, 0.6) is 0 Å². The highest BCUT2D eigenvalue weighted by molar-refractivity contribution is 5.72. The van der Waals surface area contributed by atoms with Gasteiger partial charge in [-0.15, -0.1) is 0 Å². The molecule has 1 saturated carbocycles. The Kier molecular flexibility index (Phi) is 4.69. The van der Waals surface area contributed by atoms with Crippen LogP contribution < -0.4 is 11.1 Å². The SMILES string of the molecule is COC(=O)NC1CC(CC(O)C2CC2)CN(C(N)=O)C1. The molecule has 1 aliphatic heterocycles. The third-order valence-electron chi connectivity index (χ3n) is 4.10. The molecule has 0 bridgehead atoms. The van der Waals surface area contributed by atoms with E-state index >= 15 is 0 Å². The summed E-state index contributed by atoms with van der Waals surface area (Å²) in [5, 5.41) is 12.7. The van der Waals surface area contributed by atoms with Crippen LogP contribution >= 0.6 is 0 Å². The van der Waals surface area contributed by atoms with Gasteiger partial charge in [0.25, 0.3) is 0 Å². The van der Waals surface area contributed by atoms with Crippen molar-refractivity contribution < 1.29 is 19.4 Å². The van der Waals surface area contributed by atoms with Gasteiger partial charge in [-0.05, 0) is 37.5 Å². The molecule has 114 valence electrons. The minimum atomic E-state index is -0.511. The number of alkyl carbamates (subject to hydrolysis) is 1. The fourth-order valence-electron chi connectivity index (χ4n) is 2.90. The molecule has 2 rings (SSSR count). The van der Waals surface area contributed by atoms with E-state index in [0.29, 0.717) is 25.4 Å². The molecule has 0 aromatic heterocycles. The first-order chi connectivity index (χ1) is 9.49. The van der Waals surface area contributed by atoms with Crippen molar-refractivity contribution >= 4 is 12.1 Å². The highest BCUT2D eigenvalue weighted by Crippen LogP contribution is 2.36. The number of urea groups is 1. The lowest BCUT2D eigenvalue weighted by molar-refractivity contribution is 0.0837. The van der Waals surface area contributed by atoms with Gasteiger partial charge in [-0.1, -0.05) is 0 Å². The molecule has 4 N–H and O–H groups in total. The molecule has 0 aromatic carbocycles. The van der Waals surface area contributed by atoms with Crippen molar-refractivity contribution in [3.05, 3.63) is 0 Å². The normalized spacial score (nSPS) is 27.8. The van der Waals surface area contributed by atoms with Crippen LogP contribution in [-0.4, -0.2) is 54.5 Å². The Hall–Kier alpha value is -1.50. The Morgan fingerprint density at radius 3 is 2.70 bits per heavy atom. The van der Waals surface area contributed by atoms with Crippen LogP contribution in [0.25, 0.3) is 0 Å². The van der Waals surface area contributed by atoms with Crippen LogP contribution in [0.4, 0.5) is 9.59 Å². The van der Waals surface area contributed by atoms with Crippen molar-refractivity contribution in [1.82, 2.24) is 10.2 Å². The Labute approximate surface area is 118 Å². The molecule has 1 heterocycles. The van der Waals surface area contributed by atoms with E-state index in [4.69, 9.17) is 5.73 Å². The second-order valence-electron chi connectivity index (χ2n) is 5.82. The fraction of sp³-hybridized carbons (Fsp3) is 0.846. The van der Waals surface area contributed by atoms with Crippen molar-refractivity contribution in [2.45, 2.75) is 37.8 Å². The highest BCUT2D eigenvalue weighted by atomic mass is 16.5. The van der Waals surface area contributed by atoms with Crippen LogP contribution in [0.1, 0.15) is 25.7 Å². The maximum Gasteiger partial charge on any atom is 0.407 e. The summed E-state index contributed by atoms with van der Waals surface area (Å²) in [7, 11) is 1.30. The van der Waals surface area contributed by atoms with Crippen molar-refractivity contribution in [2.24, 2.45) is 17.6 Å². The highest BCUT2D eigenvalue weighted by Gasteiger charge is 2.35. The van der Waals surface area contributed by atoms with E-state index < -0.39 is 12.1 Å². The molecular weight excluding hydrogens is 262 g/mol. The minimum Gasteiger partial charge on any atom is -0.453 e. The van der Waals surface area contributed by atoms with E-state index in [1.54, 1.807) is 0 Å². The summed E-state index contributed by atoms with van der Waals surface area (Å²) in [6.45, 7) is 0.929. The fourth-order valence-corrected chi connectivity index (χ4v) is 2.90. The number of amides is 3. The zero-order valence-electron chi connectivity index (χ0n) is 11.7. The van der Waals surface area contributed by atoms with E-state index in [1.807, 2.05) is 0 Å².